The van der Waals surface area contributed by atoms with Crippen LogP contribution in [-0.2, 0) is 14.8 Å². The van der Waals surface area contributed by atoms with Gasteiger partial charge in [0.2, 0.25) is 0 Å². The summed E-state index contributed by atoms with van der Waals surface area (Å²) in [5.41, 5.74) is 0.683. The van der Waals surface area contributed by atoms with Gasteiger partial charge in [-0.15, -0.1) is 4.40 Å². The van der Waals surface area contributed by atoms with Crippen LogP contribution in [0, 0.1) is 5.82 Å². The van der Waals surface area contributed by atoms with E-state index in [1.54, 1.807) is 31.2 Å². The maximum atomic E-state index is 13.1. The van der Waals surface area contributed by atoms with E-state index in [1.807, 2.05) is 0 Å². The highest BCUT2D eigenvalue weighted by molar-refractivity contribution is 8.19. The molecule has 1 heterocycles. The standard InChI is InChI=1S/C20H19FN2O5S2/c1-4-23-19(24)18(12-13-5-10-16(27-2)17(11-13)28-3)29-20(23)22-30(25,26)15-8-6-14(21)7-9-15/h5-12H,4H2,1-3H3/b18-12-,22-20?. The number of amides is 1. The number of carbonyl (C=O) groups is 1. The Morgan fingerprint density at radius 3 is 2.37 bits per heavy atom. The first-order valence-electron chi connectivity index (χ1n) is 8.83. The first-order valence-corrected chi connectivity index (χ1v) is 11.1. The summed E-state index contributed by atoms with van der Waals surface area (Å²) in [5, 5.41) is 0.0403. The third kappa shape index (κ3) is 4.49. The van der Waals surface area contributed by atoms with Crippen molar-refractivity contribution in [2.45, 2.75) is 11.8 Å². The fraction of sp³-hybridized carbons (Fsp3) is 0.200. The maximum Gasteiger partial charge on any atom is 0.284 e. The summed E-state index contributed by atoms with van der Waals surface area (Å²) < 4.78 is 52.5. The summed E-state index contributed by atoms with van der Waals surface area (Å²) in [6.45, 7) is 1.96. The second-order valence-corrected chi connectivity index (χ2v) is 8.69. The van der Waals surface area contributed by atoms with E-state index in [-0.39, 0.29) is 22.5 Å². The normalized spacial score (nSPS) is 17.1. The molecule has 1 aliphatic rings. The Balaban J connectivity index is 1.96. The number of methoxy groups -OCH3 is 2. The van der Waals surface area contributed by atoms with Crippen molar-refractivity contribution < 1.29 is 27.1 Å². The molecular weight excluding hydrogens is 431 g/mol. The van der Waals surface area contributed by atoms with Crippen LogP contribution in [0.2, 0.25) is 0 Å². The van der Waals surface area contributed by atoms with Crippen LogP contribution in [0.25, 0.3) is 6.08 Å². The van der Waals surface area contributed by atoms with Crippen LogP contribution >= 0.6 is 11.8 Å². The molecule has 0 atom stereocenters. The predicted molar refractivity (Wildman–Crippen MR) is 114 cm³/mol. The van der Waals surface area contributed by atoms with E-state index in [4.69, 9.17) is 9.47 Å². The average Bonchev–Trinajstić information content (AvgIpc) is 3.01. The van der Waals surface area contributed by atoms with Gasteiger partial charge in [-0.3, -0.25) is 9.69 Å². The number of carbonyl (C=O) groups excluding carboxylic acids is 1. The summed E-state index contributed by atoms with van der Waals surface area (Å²) in [7, 11) is -1.07. The fourth-order valence-corrected chi connectivity index (χ4v) is 4.96. The second kappa shape index (κ2) is 8.88. The van der Waals surface area contributed by atoms with Gasteiger partial charge in [-0.25, -0.2) is 4.39 Å². The highest BCUT2D eigenvalue weighted by atomic mass is 32.2. The summed E-state index contributed by atoms with van der Waals surface area (Å²) in [4.78, 5) is 14.2. The molecule has 0 saturated carbocycles. The lowest BCUT2D eigenvalue weighted by Crippen LogP contribution is -2.29. The number of benzene rings is 2. The fourth-order valence-electron chi connectivity index (χ4n) is 2.71. The molecule has 2 aromatic carbocycles. The van der Waals surface area contributed by atoms with Crippen molar-refractivity contribution >= 4 is 38.9 Å². The van der Waals surface area contributed by atoms with Crippen molar-refractivity contribution in [1.29, 1.82) is 0 Å². The first-order chi connectivity index (χ1) is 14.3. The molecule has 10 heteroatoms. The zero-order valence-electron chi connectivity index (χ0n) is 16.5. The molecule has 158 valence electrons. The summed E-state index contributed by atoms with van der Waals surface area (Å²) in [6.07, 6.45) is 1.63. The quantitative estimate of drug-likeness (QED) is 0.626. The molecule has 1 saturated heterocycles. The topological polar surface area (TPSA) is 85.3 Å². The number of halogens is 1. The van der Waals surface area contributed by atoms with Crippen LogP contribution in [0.3, 0.4) is 0 Å². The number of nitrogens with zero attached hydrogens (tertiary/aromatic N) is 2. The predicted octanol–water partition coefficient (Wildman–Crippen LogP) is 3.52. The number of likely N-dealkylation sites (N-methyl/N-ethyl adjacent to an activating group) is 1. The molecular formula is C20H19FN2O5S2. The molecule has 3 rings (SSSR count). The van der Waals surface area contributed by atoms with E-state index >= 15 is 0 Å². The Labute approximate surface area is 178 Å². The lowest BCUT2D eigenvalue weighted by Gasteiger charge is -2.12. The van der Waals surface area contributed by atoms with Crippen molar-refractivity contribution in [2.24, 2.45) is 4.40 Å². The van der Waals surface area contributed by atoms with Crippen molar-refractivity contribution in [1.82, 2.24) is 4.90 Å². The largest absolute Gasteiger partial charge is 0.493 e. The van der Waals surface area contributed by atoms with Gasteiger partial charge in [0.25, 0.3) is 15.9 Å². The number of ether oxygens (including phenoxy) is 2. The highest BCUT2D eigenvalue weighted by Gasteiger charge is 2.34. The Bertz CT molecular complexity index is 1130. The Kier molecular flexibility index (Phi) is 6.47. The van der Waals surface area contributed by atoms with Crippen LogP contribution in [0.1, 0.15) is 12.5 Å². The lowest BCUT2D eigenvalue weighted by molar-refractivity contribution is -0.122. The average molecular weight is 451 g/mol. The van der Waals surface area contributed by atoms with Gasteiger partial charge in [0.1, 0.15) is 5.82 Å². The zero-order chi connectivity index (χ0) is 21.9. The molecule has 0 unspecified atom stereocenters. The molecule has 1 fully saturated rings. The van der Waals surface area contributed by atoms with E-state index in [1.165, 1.54) is 19.1 Å². The minimum atomic E-state index is -4.10. The van der Waals surface area contributed by atoms with Crippen LogP contribution < -0.4 is 9.47 Å². The highest BCUT2D eigenvalue weighted by Crippen LogP contribution is 2.35. The van der Waals surface area contributed by atoms with Crippen molar-refractivity contribution in [3.05, 3.63) is 58.8 Å². The van der Waals surface area contributed by atoms with Crippen molar-refractivity contribution in [3.8, 4) is 11.5 Å². The lowest BCUT2D eigenvalue weighted by atomic mass is 10.2. The van der Waals surface area contributed by atoms with Crippen LogP contribution in [0.4, 0.5) is 4.39 Å². The van der Waals surface area contributed by atoms with Crippen molar-refractivity contribution in [2.75, 3.05) is 20.8 Å². The minimum absolute atomic E-state index is 0.0403. The second-order valence-electron chi connectivity index (χ2n) is 6.08. The zero-order valence-corrected chi connectivity index (χ0v) is 18.1. The van der Waals surface area contributed by atoms with Gasteiger partial charge in [0.05, 0.1) is 24.0 Å². The van der Waals surface area contributed by atoms with Crippen molar-refractivity contribution in [3.63, 3.8) is 0 Å². The van der Waals surface area contributed by atoms with Gasteiger partial charge in [0.15, 0.2) is 16.7 Å². The summed E-state index contributed by atoms with van der Waals surface area (Å²) in [5.74, 6) is 0.142. The molecule has 1 amide bonds. The number of amidine groups is 1. The van der Waals surface area contributed by atoms with E-state index in [9.17, 15) is 17.6 Å². The maximum absolute atomic E-state index is 13.1. The Morgan fingerprint density at radius 2 is 1.77 bits per heavy atom. The molecule has 0 N–H and O–H groups in total. The number of thioether (sulfide) groups is 1. The summed E-state index contributed by atoms with van der Waals surface area (Å²) >= 11 is 0.957. The van der Waals surface area contributed by atoms with Gasteiger partial charge in [-0.2, -0.15) is 8.42 Å². The monoisotopic (exact) mass is 450 g/mol. The van der Waals surface area contributed by atoms with Gasteiger partial charge in [0, 0.05) is 6.54 Å². The number of hydrogen-bond acceptors (Lipinski definition) is 6. The Morgan fingerprint density at radius 1 is 1.10 bits per heavy atom. The molecule has 0 aliphatic carbocycles. The van der Waals surface area contributed by atoms with E-state index in [0.717, 1.165) is 36.0 Å². The van der Waals surface area contributed by atoms with E-state index < -0.39 is 15.8 Å². The number of sulfonamides is 1. The SMILES string of the molecule is CCN1C(=O)/C(=C/c2ccc(OC)c(OC)c2)SC1=NS(=O)(=O)c1ccc(F)cc1. The van der Waals surface area contributed by atoms with Gasteiger partial charge < -0.3 is 9.47 Å². The molecule has 0 spiro atoms. The summed E-state index contributed by atoms with van der Waals surface area (Å²) in [6, 6.07) is 9.52. The van der Waals surface area contributed by atoms with Gasteiger partial charge >= 0.3 is 0 Å². The molecule has 1 aliphatic heterocycles. The van der Waals surface area contributed by atoms with E-state index in [0.29, 0.717) is 22.0 Å². The molecule has 0 aromatic heterocycles. The molecule has 0 radical (unpaired) electrons. The molecule has 30 heavy (non-hydrogen) atoms. The van der Waals surface area contributed by atoms with Crippen LogP contribution in [0.5, 0.6) is 11.5 Å². The number of rotatable bonds is 6. The van der Waals surface area contributed by atoms with Crippen LogP contribution in [-0.4, -0.2) is 45.2 Å². The molecule has 0 bridgehead atoms. The Hall–Kier alpha value is -2.85. The van der Waals surface area contributed by atoms with E-state index in [2.05, 4.69) is 4.40 Å². The minimum Gasteiger partial charge on any atom is -0.493 e. The van der Waals surface area contributed by atoms with Gasteiger partial charge in [-0.05, 0) is 66.7 Å². The van der Waals surface area contributed by atoms with Gasteiger partial charge in [-0.1, -0.05) is 6.07 Å². The molecule has 2 aromatic rings. The first kappa shape index (κ1) is 21.8. The third-order valence-electron chi connectivity index (χ3n) is 4.22. The third-order valence-corrected chi connectivity index (χ3v) is 6.62. The van der Waals surface area contributed by atoms with Crippen LogP contribution in [0.15, 0.2) is 56.7 Å². The molecule has 7 nitrogen and oxygen atoms in total. The number of hydrogen-bond donors (Lipinski definition) is 0. The smallest absolute Gasteiger partial charge is 0.284 e.